The summed E-state index contributed by atoms with van der Waals surface area (Å²) >= 11 is 0.877. The van der Waals surface area contributed by atoms with Crippen molar-refractivity contribution in [1.82, 2.24) is 15.6 Å². The number of nitrogens with one attached hydrogen (secondary N) is 2. The van der Waals surface area contributed by atoms with Gasteiger partial charge in [0.2, 0.25) is 0 Å². The lowest BCUT2D eigenvalue weighted by Gasteiger charge is -2.12. The maximum atomic E-state index is 12.6. The van der Waals surface area contributed by atoms with Gasteiger partial charge in [-0.1, -0.05) is 12.1 Å². The van der Waals surface area contributed by atoms with Crippen LogP contribution >= 0.6 is 35.3 Å². The average molecular weight is 568 g/mol. The summed E-state index contributed by atoms with van der Waals surface area (Å²) < 4.78 is 78.0. The molecular formula is C17H19F6IN4OS. The van der Waals surface area contributed by atoms with E-state index < -0.39 is 18.2 Å². The first-order chi connectivity index (χ1) is 13.6. The van der Waals surface area contributed by atoms with Crippen LogP contribution in [0.15, 0.2) is 34.6 Å². The summed E-state index contributed by atoms with van der Waals surface area (Å²) in [5.41, 5.74) is -0.166. The molecular weight excluding hydrogens is 549 g/mol. The fraction of sp³-hybridized carbons (Fsp3) is 0.412. The minimum atomic E-state index is -4.74. The molecule has 2 N–H and O–H groups in total. The Hall–Kier alpha value is -1.77. The number of halogens is 7. The van der Waals surface area contributed by atoms with Crippen LogP contribution in [0.2, 0.25) is 0 Å². The number of guanidine groups is 1. The molecule has 1 aromatic heterocycles. The van der Waals surface area contributed by atoms with Crippen LogP contribution in [0.1, 0.15) is 23.2 Å². The van der Waals surface area contributed by atoms with Crippen molar-refractivity contribution in [2.24, 2.45) is 4.99 Å². The Kier molecular flexibility index (Phi) is 10.1. The van der Waals surface area contributed by atoms with Crippen LogP contribution in [0.5, 0.6) is 5.75 Å². The van der Waals surface area contributed by atoms with Gasteiger partial charge in [-0.3, -0.25) is 0 Å². The molecule has 2 aromatic rings. The summed E-state index contributed by atoms with van der Waals surface area (Å²) in [7, 11) is 0. The van der Waals surface area contributed by atoms with Crippen molar-refractivity contribution in [2.75, 3.05) is 13.1 Å². The van der Waals surface area contributed by atoms with Crippen molar-refractivity contribution in [3.63, 3.8) is 0 Å². The third-order valence-electron chi connectivity index (χ3n) is 3.42. The number of nitrogens with zero attached hydrogens (tertiary/aromatic N) is 2. The predicted octanol–water partition coefficient (Wildman–Crippen LogP) is 4.98. The average Bonchev–Trinajstić information content (AvgIpc) is 3.09. The largest absolute Gasteiger partial charge is 0.573 e. The van der Waals surface area contributed by atoms with E-state index in [1.54, 1.807) is 0 Å². The summed E-state index contributed by atoms with van der Waals surface area (Å²) in [6.45, 7) is 2.78. The van der Waals surface area contributed by atoms with E-state index in [0.29, 0.717) is 25.5 Å². The Morgan fingerprint density at radius 2 is 1.77 bits per heavy atom. The van der Waals surface area contributed by atoms with E-state index >= 15 is 0 Å². The van der Waals surface area contributed by atoms with Crippen molar-refractivity contribution in [3.05, 3.63) is 45.9 Å². The molecule has 0 aliphatic carbocycles. The second kappa shape index (κ2) is 11.6. The predicted molar refractivity (Wildman–Crippen MR) is 112 cm³/mol. The van der Waals surface area contributed by atoms with Crippen LogP contribution in [0.25, 0.3) is 0 Å². The van der Waals surface area contributed by atoms with Gasteiger partial charge in [0.25, 0.3) is 0 Å². The van der Waals surface area contributed by atoms with Crippen LogP contribution in [0.3, 0.4) is 0 Å². The van der Waals surface area contributed by atoms with E-state index in [0.717, 1.165) is 22.3 Å². The number of rotatable bonds is 7. The highest BCUT2D eigenvalue weighted by Crippen LogP contribution is 2.30. The van der Waals surface area contributed by atoms with Crippen molar-refractivity contribution in [3.8, 4) is 5.75 Å². The maximum absolute atomic E-state index is 12.6. The molecule has 0 unspecified atom stereocenters. The SMILES string of the molecule is CCNC(=NCc1nc(C(F)(F)F)cs1)NCCc1ccc(OC(F)(F)F)cc1.I. The van der Waals surface area contributed by atoms with E-state index in [-0.39, 0.29) is 41.3 Å². The quantitative estimate of drug-likeness (QED) is 0.214. The Morgan fingerprint density at radius 3 is 2.30 bits per heavy atom. The topological polar surface area (TPSA) is 58.5 Å². The fourth-order valence-electron chi connectivity index (χ4n) is 2.19. The first-order valence-corrected chi connectivity index (χ1v) is 9.33. The second-order valence-electron chi connectivity index (χ2n) is 5.69. The Morgan fingerprint density at radius 1 is 1.10 bits per heavy atom. The number of ether oxygens (including phenoxy) is 1. The molecule has 0 spiro atoms. The van der Waals surface area contributed by atoms with E-state index in [2.05, 4.69) is 25.3 Å². The Balaban J connectivity index is 0.00000450. The van der Waals surface area contributed by atoms with E-state index in [1.165, 1.54) is 24.3 Å². The number of benzene rings is 1. The summed E-state index contributed by atoms with van der Waals surface area (Å²) in [6.07, 6.45) is -8.73. The molecule has 0 amide bonds. The van der Waals surface area contributed by atoms with Gasteiger partial charge in [0.1, 0.15) is 10.8 Å². The third-order valence-corrected chi connectivity index (χ3v) is 4.26. The molecule has 0 saturated heterocycles. The van der Waals surface area contributed by atoms with Gasteiger partial charge in [-0.15, -0.1) is 48.5 Å². The summed E-state index contributed by atoms with van der Waals surface area (Å²) in [5, 5.41) is 7.14. The number of alkyl halides is 6. The van der Waals surface area contributed by atoms with Crippen molar-refractivity contribution < 1.29 is 31.1 Å². The molecule has 0 bridgehead atoms. The molecule has 0 radical (unpaired) electrons. The van der Waals surface area contributed by atoms with Crippen molar-refractivity contribution >= 4 is 41.3 Å². The molecule has 0 fully saturated rings. The zero-order valence-electron chi connectivity index (χ0n) is 15.6. The Bertz CT molecular complexity index is 808. The van der Waals surface area contributed by atoms with Crippen LogP contribution < -0.4 is 15.4 Å². The molecule has 2 rings (SSSR count). The van der Waals surface area contributed by atoms with Crippen LogP contribution in [0.4, 0.5) is 26.3 Å². The second-order valence-corrected chi connectivity index (χ2v) is 6.63. The lowest BCUT2D eigenvalue weighted by atomic mass is 10.1. The van der Waals surface area contributed by atoms with Crippen LogP contribution in [0, 0.1) is 0 Å². The number of hydrogen-bond acceptors (Lipinski definition) is 4. The molecule has 30 heavy (non-hydrogen) atoms. The Labute approximate surface area is 190 Å². The highest BCUT2D eigenvalue weighted by atomic mass is 127. The normalized spacial score (nSPS) is 12.3. The van der Waals surface area contributed by atoms with E-state index in [9.17, 15) is 26.3 Å². The minimum absolute atomic E-state index is 0. The highest BCUT2D eigenvalue weighted by Gasteiger charge is 2.33. The third kappa shape index (κ3) is 9.36. The molecule has 0 atom stereocenters. The first-order valence-electron chi connectivity index (χ1n) is 8.45. The fourth-order valence-corrected chi connectivity index (χ4v) is 2.91. The van der Waals surface area contributed by atoms with Gasteiger partial charge < -0.3 is 15.4 Å². The first kappa shape index (κ1) is 26.3. The lowest BCUT2D eigenvalue weighted by Crippen LogP contribution is -2.38. The maximum Gasteiger partial charge on any atom is 0.573 e. The van der Waals surface area contributed by atoms with Crippen LogP contribution in [-0.2, 0) is 19.1 Å². The standard InChI is InChI=1S/C17H18F6N4OS.HI/c1-2-24-15(26-9-14-27-13(10-29-14)16(18,19)20)25-8-7-11-3-5-12(6-4-11)28-17(21,22)23;/h3-6,10H,2,7-9H2,1H3,(H2,24,25,26);1H. The molecule has 0 aliphatic heterocycles. The van der Waals surface area contributed by atoms with Gasteiger partial charge in [-0.25, -0.2) is 9.98 Å². The van der Waals surface area contributed by atoms with Crippen molar-refractivity contribution in [1.29, 1.82) is 0 Å². The van der Waals surface area contributed by atoms with Gasteiger partial charge in [0, 0.05) is 18.5 Å². The molecule has 13 heteroatoms. The lowest BCUT2D eigenvalue weighted by molar-refractivity contribution is -0.274. The number of hydrogen-bond donors (Lipinski definition) is 2. The van der Waals surface area contributed by atoms with Crippen LogP contribution in [-0.4, -0.2) is 30.4 Å². The monoisotopic (exact) mass is 568 g/mol. The van der Waals surface area contributed by atoms with Gasteiger partial charge in [-0.2, -0.15) is 13.2 Å². The van der Waals surface area contributed by atoms with Crippen molar-refractivity contribution in [2.45, 2.75) is 32.4 Å². The molecule has 0 aliphatic rings. The van der Waals surface area contributed by atoms with Gasteiger partial charge in [0.05, 0.1) is 6.54 Å². The van der Waals surface area contributed by atoms with Gasteiger partial charge >= 0.3 is 12.5 Å². The molecule has 168 valence electrons. The van der Waals surface area contributed by atoms with Gasteiger partial charge in [-0.05, 0) is 31.0 Å². The van der Waals surface area contributed by atoms with Gasteiger partial charge in [0.15, 0.2) is 11.7 Å². The zero-order chi connectivity index (χ0) is 21.5. The van der Waals surface area contributed by atoms with E-state index in [1.807, 2.05) is 6.92 Å². The summed E-state index contributed by atoms with van der Waals surface area (Å²) in [6, 6.07) is 5.48. The molecule has 5 nitrogen and oxygen atoms in total. The smallest absolute Gasteiger partial charge is 0.406 e. The molecule has 1 heterocycles. The molecule has 0 saturated carbocycles. The zero-order valence-corrected chi connectivity index (χ0v) is 18.7. The van der Waals surface area contributed by atoms with E-state index in [4.69, 9.17) is 0 Å². The number of thiazole rings is 1. The highest BCUT2D eigenvalue weighted by molar-refractivity contribution is 14.0. The number of aliphatic imine (C=N–C) groups is 1. The minimum Gasteiger partial charge on any atom is -0.406 e. The number of aromatic nitrogens is 1. The summed E-state index contributed by atoms with van der Waals surface area (Å²) in [4.78, 5) is 7.71. The molecule has 1 aromatic carbocycles. The summed E-state index contributed by atoms with van der Waals surface area (Å²) in [5.74, 6) is 0.0964.